The van der Waals surface area contributed by atoms with Crippen molar-refractivity contribution in [2.24, 2.45) is 5.92 Å². The van der Waals surface area contributed by atoms with Crippen molar-refractivity contribution in [3.05, 3.63) is 29.2 Å². The molecule has 0 bridgehead atoms. The molecule has 3 heterocycles. The standard InChI is InChI=1S/C14H16N4O4S/c1-21-8-11-16-17-14(23-11)15-13(20)9-5-12(19)18(6-9)7-10-3-2-4-22-10/h2-4,9H,5-8H2,1H3,(H,15,17,20)/t9-/m0/s1. The molecule has 3 rings (SSSR count). The fraction of sp³-hybridized carbons (Fsp3) is 0.429. The first-order valence-corrected chi connectivity index (χ1v) is 7.89. The van der Waals surface area contributed by atoms with Gasteiger partial charge in [0.1, 0.15) is 17.4 Å². The van der Waals surface area contributed by atoms with Gasteiger partial charge in [-0.05, 0) is 12.1 Å². The van der Waals surface area contributed by atoms with Crippen molar-refractivity contribution in [3.63, 3.8) is 0 Å². The third-order valence-electron chi connectivity index (χ3n) is 3.48. The summed E-state index contributed by atoms with van der Waals surface area (Å²) < 4.78 is 10.2. The summed E-state index contributed by atoms with van der Waals surface area (Å²) in [6.45, 7) is 1.11. The van der Waals surface area contributed by atoms with Gasteiger partial charge in [0, 0.05) is 20.1 Å². The maximum absolute atomic E-state index is 12.3. The molecule has 0 aromatic carbocycles. The molecule has 122 valence electrons. The number of rotatable bonds is 6. The molecule has 23 heavy (non-hydrogen) atoms. The predicted octanol–water partition coefficient (Wildman–Crippen LogP) is 1.26. The molecule has 1 aliphatic rings. The molecular weight excluding hydrogens is 320 g/mol. The summed E-state index contributed by atoms with van der Waals surface area (Å²) in [6.07, 6.45) is 1.75. The number of hydrogen-bond acceptors (Lipinski definition) is 7. The van der Waals surface area contributed by atoms with Crippen LogP contribution < -0.4 is 5.32 Å². The van der Waals surface area contributed by atoms with Crippen molar-refractivity contribution >= 4 is 28.3 Å². The Bertz CT molecular complexity index is 685. The fourth-order valence-corrected chi connectivity index (χ4v) is 3.10. The van der Waals surface area contributed by atoms with Crippen molar-refractivity contribution in [2.75, 3.05) is 19.0 Å². The van der Waals surface area contributed by atoms with E-state index in [9.17, 15) is 9.59 Å². The van der Waals surface area contributed by atoms with E-state index in [0.717, 1.165) is 0 Å². The summed E-state index contributed by atoms with van der Waals surface area (Å²) in [4.78, 5) is 25.9. The lowest BCUT2D eigenvalue weighted by atomic mass is 10.1. The highest BCUT2D eigenvalue weighted by Crippen LogP contribution is 2.23. The van der Waals surface area contributed by atoms with Gasteiger partial charge in [-0.3, -0.25) is 9.59 Å². The van der Waals surface area contributed by atoms with Crippen LogP contribution in [-0.2, 0) is 27.5 Å². The van der Waals surface area contributed by atoms with E-state index in [0.29, 0.717) is 35.6 Å². The molecule has 2 aromatic heterocycles. The number of likely N-dealkylation sites (tertiary alicyclic amines) is 1. The second-order valence-corrected chi connectivity index (χ2v) is 6.24. The van der Waals surface area contributed by atoms with E-state index in [4.69, 9.17) is 9.15 Å². The van der Waals surface area contributed by atoms with Crippen LogP contribution in [0.3, 0.4) is 0 Å². The predicted molar refractivity (Wildman–Crippen MR) is 81.5 cm³/mol. The number of hydrogen-bond donors (Lipinski definition) is 1. The minimum atomic E-state index is -0.396. The average Bonchev–Trinajstić information content (AvgIpc) is 3.24. The topological polar surface area (TPSA) is 97.6 Å². The summed E-state index contributed by atoms with van der Waals surface area (Å²) in [5.41, 5.74) is 0. The van der Waals surface area contributed by atoms with Crippen LogP contribution in [0.1, 0.15) is 17.2 Å². The van der Waals surface area contributed by atoms with Gasteiger partial charge >= 0.3 is 0 Å². The van der Waals surface area contributed by atoms with E-state index in [1.54, 1.807) is 30.4 Å². The summed E-state index contributed by atoms with van der Waals surface area (Å²) in [6, 6.07) is 3.58. The first kappa shape index (κ1) is 15.6. The molecular formula is C14H16N4O4S. The van der Waals surface area contributed by atoms with Gasteiger partial charge < -0.3 is 19.4 Å². The lowest BCUT2D eigenvalue weighted by Crippen LogP contribution is -2.27. The smallest absolute Gasteiger partial charge is 0.231 e. The highest BCUT2D eigenvalue weighted by Gasteiger charge is 2.35. The fourth-order valence-electron chi connectivity index (χ4n) is 2.38. The molecule has 2 amide bonds. The quantitative estimate of drug-likeness (QED) is 0.853. The van der Waals surface area contributed by atoms with Crippen LogP contribution in [0.25, 0.3) is 0 Å². The lowest BCUT2D eigenvalue weighted by Gasteiger charge is -2.14. The van der Waals surface area contributed by atoms with Crippen LogP contribution in [0, 0.1) is 5.92 Å². The molecule has 1 saturated heterocycles. The monoisotopic (exact) mass is 336 g/mol. The number of nitrogens with zero attached hydrogens (tertiary/aromatic N) is 3. The maximum Gasteiger partial charge on any atom is 0.231 e. The number of amides is 2. The van der Waals surface area contributed by atoms with Gasteiger partial charge in [0.2, 0.25) is 16.9 Å². The van der Waals surface area contributed by atoms with Gasteiger partial charge in [0.25, 0.3) is 0 Å². The van der Waals surface area contributed by atoms with Gasteiger partial charge in [-0.1, -0.05) is 11.3 Å². The highest BCUT2D eigenvalue weighted by atomic mass is 32.1. The number of nitrogens with one attached hydrogen (secondary N) is 1. The Morgan fingerprint density at radius 1 is 1.57 bits per heavy atom. The van der Waals surface area contributed by atoms with Gasteiger partial charge in [0.15, 0.2) is 0 Å². The number of aromatic nitrogens is 2. The maximum atomic E-state index is 12.3. The van der Waals surface area contributed by atoms with E-state index in [2.05, 4.69) is 15.5 Å². The Labute approximate surface area is 136 Å². The zero-order chi connectivity index (χ0) is 16.2. The summed E-state index contributed by atoms with van der Waals surface area (Å²) in [5, 5.41) is 11.6. The molecule has 0 radical (unpaired) electrons. The lowest BCUT2D eigenvalue weighted by molar-refractivity contribution is -0.128. The number of furan rings is 1. The van der Waals surface area contributed by atoms with E-state index in [-0.39, 0.29) is 18.2 Å². The molecule has 0 saturated carbocycles. The SMILES string of the molecule is COCc1nnc(NC(=O)[C@H]2CC(=O)N(Cc3ccco3)C2)s1. The van der Waals surface area contributed by atoms with Crippen LogP contribution in [0.2, 0.25) is 0 Å². The van der Waals surface area contributed by atoms with Crippen LogP contribution in [0.5, 0.6) is 0 Å². The zero-order valence-corrected chi connectivity index (χ0v) is 13.3. The molecule has 0 spiro atoms. The molecule has 8 nitrogen and oxygen atoms in total. The van der Waals surface area contributed by atoms with Gasteiger partial charge in [0.05, 0.1) is 18.7 Å². The number of ether oxygens (including phenoxy) is 1. The van der Waals surface area contributed by atoms with E-state index >= 15 is 0 Å². The van der Waals surface area contributed by atoms with Gasteiger partial charge in [-0.25, -0.2) is 0 Å². The van der Waals surface area contributed by atoms with Gasteiger partial charge in [-0.15, -0.1) is 10.2 Å². The number of anilines is 1. The Kier molecular flexibility index (Phi) is 4.68. The van der Waals surface area contributed by atoms with E-state index < -0.39 is 5.92 Å². The van der Waals surface area contributed by atoms with E-state index in [1.165, 1.54) is 11.3 Å². The first-order valence-electron chi connectivity index (χ1n) is 7.08. The van der Waals surface area contributed by atoms with Crippen LogP contribution >= 0.6 is 11.3 Å². The second kappa shape index (κ2) is 6.88. The Morgan fingerprint density at radius 2 is 2.43 bits per heavy atom. The third-order valence-corrected chi connectivity index (χ3v) is 4.29. The van der Waals surface area contributed by atoms with E-state index in [1.807, 2.05) is 0 Å². The van der Waals surface area contributed by atoms with Gasteiger partial charge in [-0.2, -0.15) is 0 Å². The Hall–Kier alpha value is -2.26. The zero-order valence-electron chi connectivity index (χ0n) is 12.5. The molecule has 1 atom stereocenters. The number of carbonyl (C=O) groups is 2. The summed E-state index contributed by atoms with van der Waals surface area (Å²) in [7, 11) is 1.57. The first-order chi connectivity index (χ1) is 11.2. The van der Waals surface area contributed by atoms with Crippen molar-refractivity contribution in [3.8, 4) is 0 Å². The highest BCUT2D eigenvalue weighted by molar-refractivity contribution is 7.15. The van der Waals surface area contributed by atoms with Crippen molar-refractivity contribution in [2.45, 2.75) is 19.6 Å². The molecule has 2 aromatic rings. The molecule has 0 aliphatic carbocycles. The van der Waals surface area contributed by atoms with Crippen LogP contribution in [-0.4, -0.2) is 40.6 Å². The normalized spacial score (nSPS) is 17.7. The molecule has 1 N–H and O–H groups in total. The second-order valence-electron chi connectivity index (χ2n) is 5.18. The summed E-state index contributed by atoms with van der Waals surface area (Å²) in [5.74, 6) is 0.0271. The minimum Gasteiger partial charge on any atom is -0.467 e. The van der Waals surface area contributed by atoms with Crippen molar-refractivity contribution < 1.29 is 18.7 Å². The molecule has 1 fully saturated rings. The Balaban J connectivity index is 1.56. The summed E-state index contributed by atoms with van der Waals surface area (Å²) >= 11 is 1.26. The number of methoxy groups -OCH3 is 1. The molecule has 1 aliphatic heterocycles. The Morgan fingerprint density at radius 3 is 3.17 bits per heavy atom. The molecule has 9 heteroatoms. The number of carbonyl (C=O) groups excluding carboxylic acids is 2. The van der Waals surface area contributed by atoms with Crippen molar-refractivity contribution in [1.29, 1.82) is 0 Å². The third kappa shape index (κ3) is 3.74. The van der Waals surface area contributed by atoms with Crippen molar-refractivity contribution in [1.82, 2.24) is 15.1 Å². The van der Waals surface area contributed by atoms with Crippen LogP contribution in [0.15, 0.2) is 22.8 Å². The minimum absolute atomic E-state index is 0.0566. The molecule has 0 unspecified atom stereocenters. The average molecular weight is 336 g/mol. The largest absolute Gasteiger partial charge is 0.467 e. The van der Waals surface area contributed by atoms with Crippen LogP contribution in [0.4, 0.5) is 5.13 Å².